The fourth-order valence-corrected chi connectivity index (χ4v) is 4.18. The van der Waals surface area contributed by atoms with Crippen LogP contribution in [0.4, 0.5) is 0 Å². The van der Waals surface area contributed by atoms with Gasteiger partial charge < -0.3 is 10.6 Å². The number of fused-ring (bicyclic) bond motifs is 1. The zero-order valence-corrected chi connectivity index (χ0v) is 12.5. The van der Waals surface area contributed by atoms with Crippen molar-refractivity contribution in [3.8, 4) is 0 Å². The molecule has 0 aromatic heterocycles. The van der Waals surface area contributed by atoms with E-state index in [1.54, 1.807) is 0 Å². The summed E-state index contributed by atoms with van der Waals surface area (Å²) in [5, 5.41) is 0. The van der Waals surface area contributed by atoms with Crippen molar-refractivity contribution < 1.29 is 0 Å². The second-order valence-electron chi connectivity index (χ2n) is 6.60. The lowest BCUT2D eigenvalue weighted by Gasteiger charge is -2.44. The Morgan fingerprint density at radius 1 is 1.05 bits per heavy atom. The van der Waals surface area contributed by atoms with Crippen molar-refractivity contribution in [2.24, 2.45) is 11.7 Å². The number of piperidine rings is 1. The lowest BCUT2D eigenvalue weighted by molar-refractivity contribution is 0.0586. The number of hydrogen-bond acceptors (Lipinski definition) is 2. The molecule has 1 aromatic rings. The zero-order chi connectivity index (χ0) is 13.8. The van der Waals surface area contributed by atoms with Crippen molar-refractivity contribution >= 4 is 0 Å². The molecule has 3 atom stereocenters. The van der Waals surface area contributed by atoms with Crippen molar-refractivity contribution in [1.29, 1.82) is 0 Å². The first-order valence-corrected chi connectivity index (χ1v) is 8.39. The fraction of sp³-hybridized carbons (Fsp3) is 0.667. The van der Waals surface area contributed by atoms with Crippen LogP contribution in [0.5, 0.6) is 0 Å². The topological polar surface area (TPSA) is 29.3 Å². The Hall–Kier alpha value is -0.860. The Morgan fingerprint density at radius 3 is 2.65 bits per heavy atom. The van der Waals surface area contributed by atoms with Crippen molar-refractivity contribution in [2.75, 3.05) is 13.1 Å². The van der Waals surface area contributed by atoms with Gasteiger partial charge in [-0.2, -0.15) is 0 Å². The second kappa shape index (κ2) is 6.73. The van der Waals surface area contributed by atoms with Crippen LogP contribution >= 0.6 is 0 Å². The van der Waals surface area contributed by atoms with Gasteiger partial charge in [0.15, 0.2) is 0 Å². The summed E-state index contributed by atoms with van der Waals surface area (Å²) in [6.07, 6.45) is 9.72. The minimum Gasteiger partial charge on any atom is -0.324 e. The molecule has 2 nitrogen and oxygen atoms in total. The molecule has 0 amide bonds. The highest BCUT2D eigenvalue weighted by Crippen LogP contribution is 2.35. The van der Waals surface area contributed by atoms with Gasteiger partial charge in [0.05, 0.1) is 0 Å². The van der Waals surface area contributed by atoms with Crippen LogP contribution in [0.1, 0.15) is 56.6 Å². The van der Waals surface area contributed by atoms with Crippen molar-refractivity contribution in [1.82, 2.24) is 4.90 Å². The van der Waals surface area contributed by atoms with E-state index >= 15 is 0 Å². The van der Waals surface area contributed by atoms with Gasteiger partial charge in [-0.15, -0.1) is 0 Å². The number of nitrogens with two attached hydrogens (primary N) is 1. The van der Waals surface area contributed by atoms with E-state index in [0.717, 1.165) is 18.4 Å². The Kier molecular flexibility index (Phi) is 4.74. The van der Waals surface area contributed by atoms with Gasteiger partial charge in [-0.05, 0) is 50.1 Å². The first kappa shape index (κ1) is 14.1. The molecule has 3 rings (SSSR count). The Labute approximate surface area is 123 Å². The monoisotopic (exact) mass is 272 g/mol. The van der Waals surface area contributed by atoms with E-state index in [0.29, 0.717) is 0 Å². The van der Waals surface area contributed by atoms with Crippen LogP contribution in [0.15, 0.2) is 30.3 Å². The van der Waals surface area contributed by atoms with Crippen LogP contribution in [-0.4, -0.2) is 24.0 Å². The van der Waals surface area contributed by atoms with Gasteiger partial charge in [-0.25, -0.2) is 0 Å². The highest BCUT2D eigenvalue weighted by molar-refractivity contribution is 5.18. The predicted octanol–water partition coefficient (Wildman–Crippen LogP) is 3.73. The summed E-state index contributed by atoms with van der Waals surface area (Å²) in [5.41, 5.74) is 7.64. The molecule has 3 unspecified atom stereocenters. The minimum absolute atomic E-state index is 0.195. The molecule has 2 N–H and O–H groups in total. The largest absolute Gasteiger partial charge is 0.324 e. The molecule has 0 spiro atoms. The molecular formula is C18H28N2. The molecule has 1 saturated heterocycles. The van der Waals surface area contributed by atoms with E-state index in [1.165, 1.54) is 57.2 Å². The summed E-state index contributed by atoms with van der Waals surface area (Å²) in [7, 11) is 0. The molecule has 1 aliphatic carbocycles. The summed E-state index contributed by atoms with van der Waals surface area (Å²) in [4.78, 5) is 2.75. The molecule has 0 bridgehead atoms. The lowest BCUT2D eigenvalue weighted by atomic mass is 9.78. The lowest BCUT2D eigenvalue weighted by Crippen LogP contribution is -2.47. The SMILES string of the molecule is NC(CCN1CCCC2CCCCC21)c1ccccc1. The van der Waals surface area contributed by atoms with Gasteiger partial charge in [-0.3, -0.25) is 0 Å². The van der Waals surface area contributed by atoms with Gasteiger partial charge >= 0.3 is 0 Å². The van der Waals surface area contributed by atoms with Crippen LogP contribution in [0.25, 0.3) is 0 Å². The average Bonchev–Trinajstić information content (AvgIpc) is 2.53. The quantitative estimate of drug-likeness (QED) is 0.905. The predicted molar refractivity (Wildman–Crippen MR) is 84.5 cm³/mol. The molecule has 0 radical (unpaired) electrons. The summed E-state index contributed by atoms with van der Waals surface area (Å²) in [6, 6.07) is 11.6. The molecule has 2 heteroatoms. The molecule has 1 aromatic carbocycles. The standard InChI is InChI=1S/C18H28N2/c19-17(15-7-2-1-3-8-15)12-14-20-13-6-10-16-9-4-5-11-18(16)20/h1-3,7-8,16-18H,4-6,9-14,19H2. The number of nitrogens with zero attached hydrogens (tertiary/aromatic N) is 1. The molecular weight excluding hydrogens is 244 g/mol. The maximum absolute atomic E-state index is 6.35. The number of benzene rings is 1. The maximum atomic E-state index is 6.35. The summed E-state index contributed by atoms with van der Waals surface area (Å²) in [5.74, 6) is 0.977. The second-order valence-corrected chi connectivity index (χ2v) is 6.60. The molecule has 1 saturated carbocycles. The van der Waals surface area contributed by atoms with Gasteiger partial charge in [0.1, 0.15) is 0 Å². The normalized spacial score (nSPS) is 28.9. The average molecular weight is 272 g/mol. The third kappa shape index (κ3) is 3.24. The minimum atomic E-state index is 0.195. The van der Waals surface area contributed by atoms with E-state index in [9.17, 15) is 0 Å². The van der Waals surface area contributed by atoms with E-state index < -0.39 is 0 Å². The Balaban J connectivity index is 1.54. The van der Waals surface area contributed by atoms with Gasteiger partial charge in [-0.1, -0.05) is 43.2 Å². The highest BCUT2D eigenvalue weighted by Gasteiger charge is 2.32. The fourth-order valence-electron chi connectivity index (χ4n) is 4.18. The van der Waals surface area contributed by atoms with E-state index in [1.807, 2.05) is 0 Å². The molecule has 2 fully saturated rings. The Bertz CT molecular complexity index is 401. The third-order valence-electron chi connectivity index (χ3n) is 5.31. The first-order valence-electron chi connectivity index (χ1n) is 8.39. The van der Waals surface area contributed by atoms with Crippen LogP contribution in [0.3, 0.4) is 0 Å². The summed E-state index contributed by atoms with van der Waals surface area (Å²) < 4.78 is 0. The molecule has 110 valence electrons. The molecule has 2 aliphatic rings. The van der Waals surface area contributed by atoms with Crippen LogP contribution in [-0.2, 0) is 0 Å². The highest BCUT2D eigenvalue weighted by atomic mass is 15.2. The molecule has 1 aliphatic heterocycles. The third-order valence-corrected chi connectivity index (χ3v) is 5.31. The summed E-state index contributed by atoms with van der Waals surface area (Å²) >= 11 is 0. The number of likely N-dealkylation sites (tertiary alicyclic amines) is 1. The van der Waals surface area contributed by atoms with Crippen LogP contribution < -0.4 is 5.73 Å². The smallest absolute Gasteiger partial charge is 0.0307 e. The number of hydrogen-bond donors (Lipinski definition) is 1. The van der Waals surface area contributed by atoms with Crippen LogP contribution in [0, 0.1) is 5.92 Å². The molecule has 20 heavy (non-hydrogen) atoms. The number of rotatable bonds is 4. The van der Waals surface area contributed by atoms with E-state index in [2.05, 4.69) is 35.2 Å². The van der Waals surface area contributed by atoms with Gasteiger partial charge in [0.25, 0.3) is 0 Å². The summed E-state index contributed by atoms with van der Waals surface area (Å²) in [6.45, 7) is 2.47. The van der Waals surface area contributed by atoms with Gasteiger partial charge in [0, 0.05) is 18.6 Å². The van der Waals surface area contributed by atoms with E-state index in [4.69, 9.17) is 5.73 Å². The zero-order valence-electron chi connectivity index (χ0n) is 12.5. The van der Waals surface area contributed by atoms with E-state index in [-0.39, 0.29) is 6.04 Å². The Morgan fingerprint density at radius 2 is 1.80 bits per heavy atom. The van der Waals surface area contributed by atoms with Crippen LogP contribution in [0.2, 0.25) is 0 Å². The van der Waals surface area contributed by atoms with Crippen molar-refractivity contribution in [3.05, 3.63) is 35.9 Å². The van der Waals surface area contributed by atoms with Crippen molar-refractivity contribution in [3.63, 3.8) is 0 Å². The molecule has 1 heterocycles. The maximum Gasteiger partial charge on any atom is 0.0307 e. The van der Waals surface area contributed by atoms with Gasteiger partial charge in [0.2, 0.25) is 0 Å². The van der Waals surface area contributed by atoms with Crippen molar-refractivity contribution in [2.45, 2.75) is 57.0 Å². The first-order chi connectivity index (χ1) is 9.84.